The van der Waals surface area contributed by atoms with Crippen molar-refractivity contribution in [2.24, 2.45) is 46.3 Å². The van der Waals surface area contributed by atoms with E-state index in [1.807, 2.05) is 0 Å². The van der Waals surface area contributed by atoms with Gasteiger partial charge in [-0.3, -0.25) is 9.35 Å². The molecule has 0 heterocycles. The summed E-state index contributed by atoms with van der Waals surface area (Å²) in [5.41, 5.74) is -0.369. The molecule has 4 aliphatic carbocycles. The minimum absolute atomic E-state index is 0.0133. The summed E-state index contributed by atoms with van der Waals surface area (Å²) in [5.74, 6) is -0.152. The summed E-state index contributed by atoms with van der Waals surface area (Å²) in [7, 11) is -4.28. The number of alkyl halides is 1. The molecule has 0 aromatic rings. The van der Waals surface area contributed by atoms with Gasteiger partial charge in [-0.15, -0.1) is 0 Å². The fourth-order valence-electron chi connectivity index (χ4n) is 9.32. The minimum atomic E-state index is -4.28. The Balaban J connectivity index is 1.45. The zero-order valence-electron chi connectivity index (χ0n) is 22.4. The van der Waals surface area contributed by atoms with E-state index >= 15 is 0 Å². The van der Waals surface area contributed by atoms with Crippen LogP contribution in [-0.2, 0) is 14.9 Å². The largest absolute Gasteiger partial charge is 0.393 e. The van der Waals surface area contributed by atoms with E-state index in [9.17, 15) is 32.9 Å². The summed E-state index contributed by atoms with van der Waals surface area (Å²) < 4.78 is 44.3. The van der Waals surface area contributed by atoms with Gasteiger partial charge in [-0.2, -0.15) is 8.42 Å². The molecule has 11 atom stereocenters. The lowest BCUT2D eigenvalue weighted by Gasteiger charge is -2.63. The molecular weight excluding hydrogens is 500 g/mol. The average molecular weight is 547 g/mol. The van der Waals surface area contributed by atoms with Crippen molar-refractivity contribution in [2.75, 3.05) is 19.1 Å². The average Bonchev–Trinajstić information content (AvgIpc) is 3.17. The summed E-state index contributed by atoms with van der Waals surface area (Å²) in [4.78, 5) is 13.4. The molecule has 0 radical (unpaired) electrons. The smallest absolute Gasteiger partial charge is 0.266 e. The Bertz CT molecular complexity index is 949. The molecule has 4 fully saturated rings. The summed E-state index contributed by atoms with van der Waals surface area (Å²) in [6.07, 6.45) is 4.89. The highest BCUT2D eigenvalue weighted by Crippen LogP contribution is 2.68. The van der Waals surface area contributed by atoms with Gasteiger partial charge in [0.1, 0.15) is 0 Å². The maximum Gasteiger partial charge on any atom is 0.266 e. The summed E-state index contributed by atoms with van der Waals surface area (Å²) in [6, 6.07) is 0. The Kier molecular flexibility index (Phi) is 8.39. The third-order valence-corrected chi connectivity index (χ3v) is 12.1. The van der Waals surface area contributed by atoms with Crippen LogP contribution in [0.2, 0.25) is 0 Å². The molecule has 8 nitrogen and oxygen atoms in total. The second kappa shape index (κ2) is 10.6. The summed E-state index contributed by atoms with van der Waals surface area (Å²) in [6.45, 7) is 5.03. The van der Waals surface area contributed by atoms with E-state index in [2.05, 4.69) is 20.8 Å². The predicted molar refractivity (Wildman–Crippen MR) is 137 cm³/mol. The van der Waals surface area contributed by atoms with Crippen LogP contribution in [-0.4, -0.2) is 76.5 Å². The molecule has 214 valence electrons. The van der Waals surface area contributed by atoms with Crippen LogP contribution in [0, 0.1) is 46.3 Å². The van der Waals surface area contributed by atoms with Crippen LogP contribution >= 0.6 is 0 Å². The van der Waals surface area contributed by atoms with E-state index in [-0.39, 0.29) is 65.4 Å². The lowest BCUT2D eigenvalue weighted by Crippen LogP contribution is -2.62. The van der Waals surface area contributed by atoms with Crippen molar-refractivity contribution in [3.05, 3.63) is 0 Å². The molecule has 4 saturated carbocycles. The first-order valence-corrected chi connectivity index (χ1v) is 15.7. The number of carbonyl (C=O) groups is 1. The first kappa shape index (κ1) is 29.2. The van der Waals surface area contributed by atoms with Gasteiger partial charge in [-0.25, -0.2) is 4.39 Å². The van der Waals surface area contributed by atoms with Gasteiger partial charge in [-0.05, 0) is 97.7 Å². The normalized spacial score (nSPS) is 44.4. The van der Waals surface area contributed by atoms with E-state index < -0.39 is 40.8 Å². The Hall–Kier alpha value is -0.810. The maximum absolute atomic E-state index is 13.4. The molecule has 0 spiro atoms. The van der Waals surface area contributed by atoms with Gasteiger partial charge in [-0.1, -0.05) is 20.8 Å². The van der Waals surface area contributed by atoms with Crippen molar-refractivity contribution < 1.29 is 37.5 Å². The van der Waals surface area contributed by atoms with Crippen molar-refractivity contribution in [1.29, 1.82) is 0 Å². The van der Waals surface area contributed by atoms with Crippen LogP contribution in [0.1, 0.15) is 78.6 Å². The first-order chi connectivity index (χ1) is 17.2. The standard InChI is InChI=1S/C27H46FNO7S/c1-16(4-7-24(33)29(15-28)10-11-37(34,35)36)19-5-6-20-25-21(14-23(32)27(19,20)3)26(2)9-8-18(30)12-17(26)13-22(25)31/h16-23,25,30-32H,4-15H2,1-3H3,(H,34,35,36)/t16-,17?,18-,19-,20+,21+,22-,23+,25+,26+,27-/m1/s1/i28-1. The number of rotatable bonds is 8. The monoisotopic (exact) mass is 546 g/mol. The van der Waals surface area contributed by atoms with Gasteiger partial charge in [0.25, 0.3) is 10.1 Å². The number of fused-ring (bicyclic) bond motifs is 5. The third kappa shape index (κ3) is 5.34. The van der Waals surface area contributed by atoms with Crippen molar-refractivity contribution >= 4 is 16.0 Å². The van der Waals surface area contributed by atoms with Crippen LogP contribution < -0.4 is 0 Å². The van der Waals surface area contributed by atoms with Crippen LogP contribution in [0.25, 0.3) is 0 Å². The molecule has 0 saturated heterocycles. The number of aliphatic hydroxyl groups excluding tert-OH is 3. The second-order valence-corrected chi connectivity index (χ2v) is 14.7. The quantitative estimate of drug-likeness (QED) is 0.271. The predicted octanol–water partition coefficient (Wildman–Crippen LogP) is 3.01. The molecule has 10 heteroatoms. The molecule has 4 N–H and O–H groups in total. The number of hydrogen-bond donors (Lipinski definition) is 4. The molecular formula is C27H46FNO7S. The number of nitrogens with zero attached hydrogens (tertiary/aromatic N) is 1. The van der Waals surface area contributed by atoms with Gasteiger partial charge >= 0.3 is 0 Å². The van der Waals surface area contributed by atoms with Gasteiger partial charge in [0.2, 0.25) is 5.91 Å². The molecule has 1 unspecified atom stereocenters. The second-order valence-electron chi connectivity index (χ2n) is 13.1. The topological polar surface area (TPSA) is 135 Å². The molecule has 0 aliphatic heterocycles. The molecule has 0 aromatic heterocycles. The lowest BCUT2D eigenvalue weighted by molar-refractivity contribution is -0.207. The summed E-state index contributed by atoms with van der Waals surface area (Å²) >= 11 is 0. The van der Waals surface area contributed by atoms with Gasteiger partial charge in [0.05, 0.1) is 24.1 Å². The Labute approximate surface area is 220 Å². The van der Waals surface area contributed by atoms with Gasteiger partial charge in [0, 0.05) is 13.0 Å². The number of carbonyl (C=O) groups excluding carboxylic acids is 1. The third-order valence-electron chi connectivity index (χ3n) is 11.5. The molecule has 0 aromatic carbocycles. The van der Waals surface area contributed by atoms with Crippen LogP contribution in [0.4, 0.5) is 4.39 Å². The SMILES string of the molecule is C[C@H](CCC(=O)N(C[18F])CCS(=O)(=O)O)[C@H]1CC[C@H]2[C@@H]3[C@H](O)CC4C[C@H](O)CC[C@]4(C)[C@H]3C[C@H](O)[C@]12C. The van der Waals surface area contributed by atoms with Gasteiger partial charge in [0.15, 0.2) is 6.80 Å². The number of aliphatic hydroxyl groups is 3. The fourth-order valence-corrected chi connectivity index (χ4v) is 9.77. The van der Waals surface area contributed by atoms with Crippen molar-refractivity contribution in [3.63, 3.8) is 0 Å². The molecule has 37 heavy (non-hydrogen) atoms. The number of halogens is 1. The highest BCUT2D eigenvalue weighted by molar-refractivity contribution is 7.85. The fraction of sp³-hybridized carbons (Fsp3) is 0.963. The Morgan fingerprint density at radius 3 is 2.43 bits per heavy atom. The molecule has 1 amide bonds. The van der Waals surface area contributed by atoms with E-state index in [4.69, 9.17) is 4.55 Å². The minimum Gasteiger partial charge on any atom is -0.393 e. The van der Waals surface area contributed by atoms with Gasteiger partial charge < -0.3 is 20.2 Å². The molecule has 4 rings (SSSR count). The lowest BCUT2D eigenvalue weighted by atomic mass is 9.43. The van der Waals surface area contributed by atoms with Crippen molar-refractivity contribution in [1.82, 2.24) is 4.90 Å². The highest BCUT2D eigenvalue weighted by Gasteiger charge is 2.65. The van der Waals surface area contributed by atoms with E-state index in [0.29, 0.717) is 19.3 Å². The Morgan fingerprint density at radius 2 is 1.78 bits per heavy atom. The van der Waals surface area contributed by atoms with E-state index in [0.717, 1.165) is 37.0 Å². The number of hydrogen-bond acceptors (Lipinski definition) is 6. The van der Waals surface area contributed by atoms with Crippen molar-refractivity contribution in [2.45, 2.75) is 96.9 Å². The Morgan fingerprint density at radius 1 is 1.08 bits per heavy atom. The molecule has 0 bridgehead atoms. The summed E-state index contributed by atoms with van der Waals surface area (Å²) in [5, 5.41) is 33.3. The first-order valence-electron chi connectivity index (χ1n) is 14.1. The van der Waals surface area contributed by atoms with E-state index in [1.165, 1.54) is 0 Å². The van der Waals surface area contributed by atoms with Crippen molar-refractivity contribution in [3.8, 4) is 0 Å². The maximum atomic E-state index is 13.4. The zero-order valence-corrected chi connectivity index (χ0v) is 23.2. The number of amides is 1. The van der Waals surface area contributed by atoms with Crippen LogP contribution in [0.3, 0.4) is 0 Å². The van der Waals surface area contributed by atoms with Crippen LogP contribution in [0.5, 0.6) is 0 Å². The molecule has 4 aliphatic rings. The highest BCUT2D eigenvalue weighted by atomic mass is 32.2. The zero-order chi connectivity index (χ0) is 27.3. The van der Waals surface area contributed by atoms with Crippen LogP contribution in [0.15, 0.2) is 0 Å². The van der Waals surface area contributed by atoms with E-state index in [1.54, 1.807) is 0 Å².